The lowest BCUT2D eigenvalue weighted by molar-refractivity contribution is -0.129. The fourth-order valence-corrected chi connectivity index (χ4v) is 7.75. The van der Waals surface area contributed by atoms with Gasteiger partial charge in [0.2, 0.25) is 5.91 Å². The number of sulfonamides is 1. The monoisotopic (exact) mass is 529 g/mol. The number of ether oxygens (including phenoxy) is 1. The lowest BCUT2D eigenvalue weighted by atomic mass is 9.65. The summed E-state index contributed by atoms with van der Waals surface area (Å²) in [5, 5.41) is 0.352. The first-order valence-corrected chi connectivity index (χ1v) is 14.4. The van der Waals surface area contributed by atoms with Gasteiger partial charge in [0.15, 0.2) is 5.58 Å². The molecule has 5 rings (SSSR count). The molecule has 0 spiro atoms. The van der Waals surface area contributed by atoms with E-state index in [1.807, 2.05) is 4.90 Å². The predicted molar refractivity (Wildman–Crippen MR) is 140 cm³/mol. The van der Waals surface area contributed by atoms with Gasteiger partial charge in [-0.25, -0.2) is 13.4 Å². The van der Waals surface area contributed by atoms with E-state index in [9.17, 15) is 13.2 Å². The maximum absolute atomic E-state index is 13.1. The molecular weight excluding hydrogens is 498 g/mol. The van der Waals surface area contributed by atoms with E-state index in [0.717, 1.165) is 25.8 Å². The molecule has 2 unspecified atom stereocenters. The second-order valence-electron chi connectivity index (χ2n) is 11.0. The van der Waals surface area contributed by atoms with Gasteiger partial charge in [-0.3, -0.25) is 9.52 Å². The van der Waals surface area contributed by atoms with E-state index in [1.165, 1.54) is 23.9 Å². The lowest BCUT2D eigenvalue weighted by Crippen LogP contribution is -2.38. The zero-order chi connectivity index (χ0) is 25.7. The molecular formula is C26H31N3O5S2. The van der Waals surface area contributed by atoms with Crippen LogP contribution in [0.4, 0.5) is 5.69 Å². The van der Waals surface area contributed by atoms with Crippen molar-refractivity contribution in [1.82, 2.24) is 9.88 Å². The summed E-state index contributed by atoms with van der Waals surface area (Å²) in [5.74, 6) is 0.973. The Morgan fingerprint density at radius 1 is 1.19 bits per heavy atom. The number of thioether (sulfide) groups is 1. The van der Waals surface area contributed by atoms with Crippen molar-refractivity contribution in [2.75, 3.05) is 24.1 Å². The Morgan fingerprint density at radius 3 is 2.67 bits per heavy atom. The Kier molecular flexibility index (Phi) is 6.23. The Balaban J connectivity index is 1.26. The summed E-state index contributed by atoms with van der Waals surface area (Å²) in [6.45, 7) is 7.67. The number of fused-ring (bicyclic) bond motifs is 3. The third-order valence-corrected chi connectivity index (χ3v) is 9.24. The van der Waals surface area contributed by atoms with Gasteiger partial charge in [0.25, 0.3) is 15.2 Å². The highest BCUT2D eigenvalue weighted by atomic mass is 32.2. The van der Waals surface area contributed by atoms with Crippen molar-refractivity contribution in [3.05, 3.63) is 42.5 Å². The summed E-state index contributed by atoms with van der Waals surface area (Å²) < 4.78 is 39.2. The first kappa shape index (κ1) is 25.0. The molecule has 2 heterocycles. The van der Waals surface area contributed by atoms with Gasteiger partial charge < -0.3 is 14.1 Å². The molecule has 1 aliphatic heterocycles. The quantitative estimate of drug-likeness (QED) is 0.422. The molecule has 1 N–H and O–H groups in total. The van der Waals surface area contributed by atoms with Gasteiger partial charge in [-0.05, 0) is 72.6 Å². The summed E-state index contributed by atoms with van der Waals surface area (Å²) in [4.78, 5) is 19.6. The number of methoxy groups -OCH3 is 1. The topological polar surface area (TPSA) is 102 Å². The molecule has 2 aromatic carbocycles. The van der Waals surface area contributed by atoms with Gasteiger partial charge >= 0.3 is 0 Å². The van der Waals surface area contributed by atoms with Gasteiger partial charge in [0.05, 0.1) is 17.8 Å². The normalized spacial score (nSPS) is 23.1. The number of hydrogen-bond acceptors (Lipinski definition) is 7. The van der Waals surface area contributed by atoms with Crippen LogP contribution in [0.15, 0.2) is 57.0 Å². The first-order valence-electron chi connectivity index (χ1n) is 12.0. The second-order valence-corrected chi connectivity index (χ2v) is 13.6. The molecule has 1 saturated carbocycles. The minimum Gasteiger partial charge on any atom is -0.497 e. The van der Waals surface area contributed by atoms with Crippen LogP contribution in [0.1, 0.15) is 40.0 Å². The average Bonchev–Trinajstić information content (AvgIpc) is 3.33. The summed E-state index contributed by atoms with van der Waals surface area (Å²) in [6, 6.07) is 11.5. The number of carbonyl (C=O) groups excluding carboxylic acids is 1. The number of nitrogens with one attached hydrogen (secondary N) is 1. The van der Waals surface area contributed by atoms with Crippen LogP contribution in [0.3, 0.4) is 0 Å². The van der Waals surface area contributed by atoms with Crippen LogP contribution in [-0.2, 0) is 14.8 Å². The van der Waals surface area contributed by atoms with E-state index in [2.05, 4.69) is 30.5 Å². The zero-order valence-electron chi connectivity index (χ0n) is 20.9. The number of carbonyl (C=O) groups is 1. The van der Waals surface area contributed by atoms with Gasteiger partial charge in [-0.15, -0.1) is 0 Å². The largest absolute Gasteiger partial charge is 0.497 e. The number of likely N-dealkylation sites (tertiary alicyclic amines) is 1. The van der Waals surface area contributed by atoms with Crippen molar-refractivity contribution in [3.8, 4) is 5.75 Å². The second kappa shape index (κ2) is 8.99. The molecule has 0 radical (unpaired) electrons. The Hall–Kier alpha value is -2.72. The number of oxazole rings is 1. The van der Waals surface area contributed by atoms with Gasteiger partial charge in [-0.1, -0.05) is 32.5 Å². The fourth-order valence-electron chi connectivity index (χ4n) is 5.95. The van der Waals surface area contributed by atoms with Gasteiger partial charge in [0, 0.05) is 18.3 Å². The fraction of sp³-hybridized carbons (Fsp3) is 0.462. The highest BCUT2D eigenvalue weighted by molar-refractivity contribution is 7.99. The maximum atomic E-state index is 13.1. The number of amides is 1. The minimum absolute atomic E-state index is 0.0759. The van der Waals surface area contributed by atoms with Crippen LogP contribution in [0.25, 0.3) is 11.1 Å². The van der Waals surface area contributed by atoms with Crippen molar-refractivity contribution in [2.45, 2.75) is 56.2 Å². The summed E-state index contributed by atoms with van der Waals surface area (Å²) in [6.07, 6.45) is 3.23. The smallest absolute Gasteiger partial charge is 0.261 e. The molecule has 2 aliphatic rings. The van der Waals surface area contributed by atoms with E-state index >= 15 is 0 Å². The number of aromatic nitrogens is 1. The number of benzene rings is 2. The molecule has 3 aromatic rings. The van der Waals surface area contributed by atoms with E-state index < -0.39 is 10.0 Å². The highest BCUT2D eigenvalue weighted by Gasteiger charge is 2.50. The third kappa shape index (κ3) is 5.06. The van der Waals surface area contributed by atoms with Crippen molar-refractivity contribution in [3.63, 3.8) is 0 Å². The molecule has 2 atom stereocenters. The van der Waals surface area contributed by atoms with Crippen molar-refractivity contribution in [1.29, 1.82) is 0 Å². The summed E-state index contributed by atoms with van der Waals surface area (Å²) in [7, 11) is -2.27. The number of anilines is 1. The molecule has 1 aliphatic carbocycles. The average molecular weight is 530 g/mol. The number of hydrogen-bond donors (Lipinski definition) is 1. The third-order valence-electron chi connectivity index (χ3n) is 7.05. The molecule has 192 valence electrons. The lowest BCUT2D eigenvalue weighted by Gasteiger charge is -2.39. The number of nitrogens with zero attached hydrogens (tertiary/aromatic N) is 2. The van der Waals surface area contributed by atoms with Crippen molar-refractivity contribution in [2.24, 2.45) is 10.8 Å². The van der Waals surface area contributed by atoms with Crippen LogP contribution in [-0.4, -0.2) is 49.7 Å². The van der Waals surface area contributed by atoms with Crippen LogP contribution in [0.2, 0.25) is 0 Å². The van der Waals surface area contributed by atoms with Crippen molar-refractivity contribution < 1.29 is 22.4 Å². The molecule has 2 fully saturated rings. The Labute approximate surface area is 215 Å². The molecule has 2 bridgehead atoms. The van der Waals surface area contributed by atoms with Gasteiger partial charge in [-0.2, -0.15) is 0 Å². The van der Waals surface area contributed by atoms with E-state index in [-0.39, 0.29) is 27.4 Å². The highest BCUT2D eigenvalue weighted by Crippen LogP contribution is 2.52. The summed E-state index contributed by atoms with van der Waals surface area (Å²) in [5.41, 5.74) is 1.76. The van der Waals surface area contributed by atoms with Gasteiger partial charge in [0.1, 0.15) is 11.3 Å². The molecule has 36 heavy (non-hydrogen) atoms. The van der Waals surface area contributed by atoms with E-state index in [0.29, 0.717) is 33.8 Å². The Morgan fingerprint density at radius 2 is 1.94 bits per heavy atom. The molecule has 10 heteroatoms. The van der Waals surface area contributed by atoms with E-state index in [1.54, 1.807) is 37.4 Å². The van der Waals surface area contributed by atoms with Crippen LogP contribution in [0, 0.1) is 10.8 Å². The SMILES string of the molecule is COc1ccc(NS(=O)(=O)c2ccc3oc(SCC(=O)N4CC5(C)CC4CC(C)(C)C5)nc3c2)cc1. The van der Waals surface area contributed by atoms with Crippen LogP contribution >= 0.6 is 11.8 Å². The molecule has 1 amide bonds. The molecule has 8 nitrogen and oxygen atoms in total. The maximum Gasteiger partial charge on any atom is 0.261 e. The van der Waals surface area contributed by atoms with E-state index in [4.69, 9.17) is 9.15 Å². The molecule has 1 aromatic heterocycles. The number of rotatable bonds is 7. The van der Waals surface area contributed by atoms with Crippen molar-refractivity contribution >= 4 is 44.5 Å². The predicted octanol–water partition coefficient (Wildman–Crippen LogP) is 5.16. The zero-order valence-corrected chi connectivity index (χ0v) is 22.5. The first-order chi connectivity index (χ1) is 17.0. The Bertz CT molecular complexity index is 1400. The minimum atomic E-state index is -3.82. The summed E-state index contributed by atoms with van der Waals surface area (Å²) >= 11 is 1.25. The molecule has 1 saturated heterocycles. The van der Waals surface area contributed by atoms with Crippen LogP contribution in [0.5, 0.6) is 5.75 Å². The van der Waals surface area contributed by atoms with Crippen LogP contribution < -0.4 is 9.46 Å². The standard InChI is InChI=1S/C26H31N3O5S2/c1-25(2)12-18-13-26(3,15-25)16-29(18)23(30)14-35-24-27-21-11-20(9-10-22(21)34-24)36(31,32)28-17-5-7-19(33-4)8-6-17/h5-11,18,28H,12-16H2,1-4H3.